The van der Waals surface area contributed by atoms with Crippen molar-refractivity contribution in [3.05, 3.63) is 0 Å². The highest BCUT2D eigenvalue weighted by Gasteiger charge is 2.29. The SMILES string of the molecule is CC1CCC(N=C(N)NC2CCCC2)C1C. The molecule has 0 amide bonds. The van der Waals surface area contributed by atoms with Crippen molar-refractivity contribution in [3.8, 4) is 0 Å². The quantitative estimate of drug-likeness (QED) is 0.557. The number of rotatable bonds is 2. The van der Waals surface area contributed by atoms with Gasteiger partial charge >= 0.3 is 0 Å². The van der Waals surface area contributed by atoms with E-state index in [1.807, 2.05) is 0 Å². The number of nitrogens with zero attached hydrogens (tertiary/aromatic N) is 1. The lowest BCUT2D eigenvalue weighted by molar-refractivity contribution is 0.422. The fourth-order valence-electron chi connectivity index (χ4n) is 3.02. The number of hydrogen-bond donors (Lipinski definition) is 2. The highest BCUT2D eigenvalue weighted by atomic mass is 15.1. The fourth-order valence-corrected chi connectivity index (χ4v) is 3.02. The highest BCUT2D eigenvalue weighted by molar-refractivity contribution is 5.78. The van der Waals surface area contributed by atoms with Gasteiger partial charge in [-0.3, -0.25) is 0 Å². The molecule has 92 valence electrons. The predicted octanol–water partition coefficient (Wildman–Crippen LogP) is 2.27. The second kappa shape index (κ2) is 5.07. The van der Waals surface area contributed by atoms with Gasteiger partial charge in [0.15, 0.2) is 5.96 Å². The summed E-state index contributed by atoms with van der Waals surface area (Å²) in [7, 11) is 0. The van der Waals surface area contributed by atoms with Crippen molar-refractivity contribution in [2.75, 3.05) is 0 Å². The molecule has 2 rings (SSSR count). The molecule has 0 heterocycles. The van der Waals surface area contributed by atoms with Crippen molar-refractivity contribution < 1.29 is 0 Å². The van der Waals surface area contributed by atoms with Crippen LogP contribution >= 0.6 is 0 Å². The number of nitrogens with one attached hydrogen (secondary N) is 1. The van der Waals surface area contributed by atoms with Crippen LogP contribution in [0.3, 0.4) is 0 Å². The molecule has 0 spiro atoms. The van der Waals surface area contributed by atoms with Crippen molar-refractivity contribution in [2.24, 2.45) is 22.6 Å². The zero-order valence-electron chi connectivity index (χ0n) is 10.6. The molecule has 2 aliphatic rings. The molecule has 3 atom stereocenters. The molecule has 16 heavy (non-hydrogen) atoms. The Balaban J connectivity index is 1.85. The maximum Gasteiger partial charge on any atom is 0.189 e. The Bertz CT molecular complexity index is 256. The summed E-state index contributed by atoms with van der Waals surface area (Å²) in [5, 5.41) is 3.37. The van der Waals surface area contributed by atoms with Gasteiger partial charge in [-0.1, -0.05) is 26.7 Å². The first kappa shape index (κ1) is 11.7. The van der Waals surface area contributed by atoms with Crippen LogP contribution in [-0.4, -0.2) is 18.0 Å². The monoisotopic (exact) mass is 223 g/mol. The Hall–Kier alpha value is -0.730. The Morgan fingerprint density at radius 3 is 2.38 bits per heavy atom. The number of guanidine groups is 1. The van der Waals surface area contributed by atoms with Gasteiger partial charge in [-0.25, -0.2) is 4.99 Å². The van der Waals surface area contributed by atoms with Gasteiger partial charge in [0.05, 0.1) is 6.04 Å². The molecule has 0 saturated heterocycles. The van der Waals surface area contributed by atoms with Crippen LogP contribution in [0.5, 0.6) is 0 Å². The van der Waals surface area contributed by atoms with E-state index in [9.17, 15) is 0 Å². The van der Waals surface area contributed by atoms with Crippen LogP contribution in [0.1, 0.15) is 52.4 Å². The molecule has 2 fully saturated rings. The Kier molecular flexibility index (Phi) is 3.72. The van der Waals surface area contributed by atoms with E-state index in [4.69, 9.17) is 5.73 Å². The molecular formula is C13H25N3. The first-order valence-electron chi connectivity index (χ1n) is 6.76. The molecule has 0 radical (unpaired) electrons. The summed E-state index contributed by atoms with van der Waals surface area (Å²) >= 11 is 0. The summed E-state index contributed by atoms with van der Waals surface area (Å²) in [5.41, 5.74) is 5.98. The summed E-state index contributed by atoms with van der Waals surface area (Å²) in [5.74, 6) is 2.16. The first-order chi connectivity index (χ1) is 7.66. The van der Waals surface area contributed by atoms with Crippen molar-refractivity contribution >= 4 is 5.96 Å². The van der Waals surface area contributed by atoms with Crippen LogP contribution in [-0.2, 0) is 0 Å². The summed E-state index contributed by atoms with van der Waals surface area (Å²) in [6.07, 6.45) is 7.69. The number of aliphatic imine (C=N–C) groups is 1. The number of nitrogens with two attached hydrogens (primary N) is 1. The van der Waals surface area contributed by atoms with Gasteiger partial charge in [0.25, 0.3) is 0 Å². The largest absolute Gasteiger partial charge is 0.370 e. The van der Waals surface area contributed by atoms with E-state index in [-0.39, 0.29) is 0 Å². The standard InChI is InChI=1S/C13H25N3/c1-9-7-8-12(10(9)2)16-13(14)15-11-5-3-4-6-11/h9-12H,3-8H2,1-2H3,(H3,14,15,16). The summed E-state index contributed by atoms with van der Waals surface area (Å²) in [6.45, 7) is 4.62. The minimum Gasteiger partial charge on any atom is -0.370 e. The minimum absolute atomic E-state index is 0.448. The topological polar surface area (TPSA) is 50.4 Å². The molecule has 3 heteroatoms. The Morgan fingerprint density at radius 2 is 1.81 bits per heavy atom. The second-order valence-electron chi connectivity index (χ2n) is 5.62. The third kappa shape index (κ3) is 2.69. The Labute approximate surface area is 98.9 Å². The van der Waals surface area contributed by atoms with E-state index in [0.29, 0.717) is 24.0 Å². The van der Waals surface area contributed by atoms with Gasteiger partial charge in [0.2, 0.25) is 0 Å². The van der Waals surface area contributed by atoms with Crippen LogP contribution < -0.4 is 11.1 Å². The van der Waals surface area contributed by atoms with E-state index >= 15 is 0 Å². The maximum absolute atomic E-state index is 5.98. The molecule has 0 aromatic heterocycles. The van der Waals surface area contributed by atoms with Crippen LogP contribution in [0.15, 0.2) is 4.99 Å². The van der Waals surface area contributed by atoms with Gasteiger partial charge in [-0.2, -0.15) is 0 Å². The summed E-state index contributed by atoms with van der Waals surface area (Å²) in [6, 6.07) is 1.03. The van der Waals surface area contributed by atoms with E-state index in [1.54, 1.807) is 0 Å². The molecule has 3 nitrogen and oxygen atoms in total. The van der Waals surface area contributed by atoms with Crippen LogP contribution in [0.4, 0.5) is 0 Å². The molecule has 2 saturated carbocycles. The lowest BCUT2D eigenvalue weighted by Gasteiger charge is -2.17. The number of hydrogen-bond acceptors (Lipinski definition) is 1. The van der Waals surface area contributed by atoms with E-state index in [2.05, 4.69) is 24.2 Å². The lowest BCUT2D eigenvalue weighted by Crippen LogP contribution is -2.39. The van der Waals surface area contributed by atoms with E-state index in [0.717, 1.165) is 5.92 Å². The molecule has 2 aliphatic carbocycles. The van der Waals surface area contributed by atoms with Crippen molar-refractivity contribution in [2.45, 2.75) is 64.5 Å². The average Bonchev–Trinajstić information content (AvgIpc) is 2.83. The molecule has 0 aromatic rings. The first-order valence-corrected chi connectivity index (χ1v) is 6.76. The zero-order chi connectivity index (χ0) is 11.5. The molecule has 3 unspecified atom stereocenters. The van der Waals surface area contributed by atoms with Crippen molar-refractivity contribution in [1.82, 2.24) is 5.32 Å². The highest BCUT2D eigenvalue weighted by Crippen LogP contribution is 2.33. The molecular weight excluding hydrogens is 198 g/mol. The lowest BCUT2D eigenvalue weighted by atomic mass is 9.98. The smallest absolute Gasteiger partial charge is 0.189 e. The van der Waals surface area contributed by atoms with E-state index in [1.165, 1.54) is 38.5 Å². The van der Waals surface area contributed by atoms with Crippen molar-refractivity contribution in [1.29, 1.82) is 0 Å². The minimum atomic E-state index is 0.448. The van der Waals surface area contributed by atoms with Gasteiger partial charge in [-0.05, 0) is 37.5 Å². The van der Waals surface area contributed by atoms with Crippen molar-refractivity contribution in [3.63, 3.8) is 0 Å². The molecule has 0 aromatic carbocycles. The van der Waals surface area contributed by atoms with Crippen LogP contribution in [0.2, 0.25) is 0 Å². The molecule has 0 bridgehead atoms. The third-order valence-corrected chi connectivity index (χ3v) is 4.43. The van der Waals surface area contributed by atoms with Gasteiger partial charge in [0, 0.05) is 6.04 Å². The van der Waals surface area contributed by atoms with Crippen LogP contribution in [0, 0.1) is 11.8 Å². The normalized spacial score (nSPS) is 36.9. The molecule has 0 aliphatic heterocycles. The maximum atomic E-state index is 5.98. The van der Waals surface area contributed by atoms with E-state index < -0.39 is 0 Å². The summed E-state index contributed by atoms with van der Waals surface area (Å²) < 4.78 is 0. The predicted molar refractivity (Wildman–Crippen MR) is 68.4 cm³/mol. The van der Waals surface area contributed by atoms with Gasteiger partial charge in [0.1, 0.15) is 0 Å². The van der Waals surface area contributed by atoms with Crippen LogP contribution in [0.25, 0.3) is 0 Å². The Morgan fingerprint density at radius 1 is 1.12 bits per heavy atom. The zero-order valence-corrected chi connectivity index (χ0v) is 10.6. The molecule has 3 N–H and O–H groups in total. The van der Waals surface area contributed by atoms with Gasteiger partial charge < -0.3 is 11.1 Å². The summed E-state index contributed by atoms with van der Waals surface area (Å²) in [4.78, 5) is 4.65. The fraction of sp³-hybridized carbons (Fsp3) is 0.923. The third-order valence-electron chi connectivity index (χ3n) is 4.43. The second-order valence-corrected chi connectivity index (χ2v) is 5.62. The van der Waals surface area contributed by atoms with Gasteiger partial charge in [-0.15, -0.1) is 0 Å². The average molecular weight is 223 g/mol.